The number of carbonyl (C=O) groups excluding carboxylic acids is 2. The summed E-state index contributed by atoms with van der Waals surface area (Å²) in [7, 11) is 0. The van der Waals surface area contributed by atoms with E-state index in [0.717, 1.165) is 6.42 Å². The molecule has 9 heteroatoms. The molecule has 1 aromatic carbocycles. The number of ketones is 1. The minimum absolute atomic E-state index is 0.0956. The van der Waals surface area contributed by atoms with Crippen molar-refractivity contribution < 1.29 is 9.59 Å². The summed E-state index contributed by atoms with van der Waals surface area (Å²) in [6.45, 7) is 5.12. The predicted molar refractivity (Wildman–Crippen MR) is 101 cm³/mol. The molecule has 0 aliphatic rings. The van der Waals surface area contributed by atoms with Crippen molar-refractivity contribution in [1.82, 2.24) is 19.6 Å². The van der Waals surface area contributed by atoms with Crippen LogP contribution in [0.25, 0.3) is 5.78 Å². The molecule has 3 rings (SSSR count). The van der Waals surface area contributed by atoms with Gasteiger partial charge in [0.15, 0.2) is 5.78 Å². The molecule has 0 bridgehead atoms. The van der Waals surface area contributed by atoms with Crippen LogP contribution in [0.2, 0.25) is 0 Å². The van der Waals surface area contributed by atoms with Crippen LogP contribution in [-0.2, 0) is 6.42 Å². The number of hydrogen-bond acceptors (Lipinski definition) is 5. The minimum atomic E-state index is -0.594. The summed E-state index contributed by atoms with van der Waals surface area (Å²) in [5.74, 6) is 0.706. The van der Waals surface area contributed by atoms with E-state index in [9.17, 15) is 14.4 Å². The maximum absolute atomic E-state index is 12.7. The zero-order valence-corrected chi connectivity index (χ0v) is 15.3. The van der Waals surface area contributed by atoms with Gasteiger partial charge in [0.2, 0.25) is 0 Å². The van der Waals surface area contributed by atoms with Crippen molar-refractivity contribution in [3.05, 3.63) is 51.7 Å². The Hall–Kier alpha value is -3.49. The number of amides is 2. The molecule has 3 N–H and O–H groups in total. The molecule has 3 aromatic rings. The molecule has 0 fully saturated rings. The quantitative estimate of drug-likeness (QED) is 0.598. The number of benzene rings is 1. The number of anilines is 2. The van der Waals surface area contributed by atoms with E-state index in [0.29, 0.717) is 29.2 Å². The van der Waals surface area contributed by atoms with Crippen molar-refractivity contribution in [2.75, 3.05) is 10.6 Å². The highest BCUT2D eigenvalue weighted by Crippen LogP contribution is 2.14. The van der Waals surface area contributed by atoms with E-state index < -0.39 is 11.6 Å². The number of aromatic nitrogens is 4. The lowest BCUT2D eigenvalue weighted by Gasteiger charge is -2.11. The van der Waals surface area contributed by atoms with Crippen LogP contribution in [0.3, 0.4) is 0 Å². The van der Waals surface area contributed by atoms with Crippen LogP contribution in [0.1, 0.15) is 42.1 Å². The van der Waals surface area contributed by atoms with Gasteiger partial charge in [0.05, 0.1) is 5.69 Å². The van der Waals surface area contributed by atoms with E-state index in [-0.39, 0.29) is 17.2 Å². The Morgan fingerprint density at radius 3 is 2.70 bits per heavy atom. The third-order valence-corrected chi connectivity index (χ3v) is 3.93. The maximum Gasteiger partial charge on any atom is 0.323 e. The average Bonchev–Trinajstić information content (AvgIpc) is 2.99. The minimum Gasteiger partial charge on any atom is -0.308 e. The van der Waals surface area contributed by atoms with E-state index >= 15 is 0 Å². The Balaban J connectivity index is 1.91. The van der Waals surface area contributed by atoms with Gasteiger partial charge in [-0.2, -0.15) is 9.50 Å². The van der Waals surface area contributed by atoms with Gasteiger partial charge in [0.25, 0.3) is 11.3 Å². The van der Waals surface area contributed by atoms with Crippen LogP contribution in [0.15, 0.2) is 29.1 Å². The van der Waals surface area contributed by atoms with Gasteiger partial charge >= 0.3 is 6.03 Å². The zero-order chi connectivity index (χ0) is 19.6. The number of fused-ring (bicyclic) bond motifs is 1. The van der Waals surface area contributed by atoms with Crippen LogP contribution in [0.4, 0.5) is 16.2 Å². The highest BCUT2D eigenvalue weighted by Gasteiger charge is 2.17. The maximum atomic E-state index is 12.7. The number of urea groups is 1. The summed E-state index contributed by atoms with van der Waals surface area (Å²) in [6.07, 6.45) is 1.27. The molecule has 0 saturated carbocycles. The van der Waals surface area contributed by atoms with Gasteiger partial charge in [0.1, 0.15) is 11.5 Å². The number of nitrogens with one attached hydrogen (secondary N) is 3. The van der Waals surface area contributed by atoms with Crippen molar-refractivity contribution in [2.45, 2.75) is 33.6 Å². The fourth-order valence-electron chi connectivity index (χ4n) is 2.70. The number of carbonyl (C=O) groups is 2. The fourth-order valence-corrected chi connectivity index (χ4v) is 2.70. The third-order valence-electron chi connectivity index (χ3n) is 3.93. The van der Waals surface area contributed by atoms with Crippen molar-refractivity contribution in [3.8, 4) is 0 Å². The molecule has 0 aliphatic carbocycles. The van der Waals surface area contributed by atoms with E-state index in [1.807, 2.05) is 6.92 Å². The first-order valence-electron chi connectivity index (χ1n) is 8.56. The first kappa shape index (κ1) is 18.3. The molecule has 27 heavy (non-hydrogen) atoms. The summed E-state index contributed by atoms with van der Waals surface area (Å²) < 4.78 is 1.19. The van der Waals surface area contributed by atoms with Gasteiger partial charge in [-0.15, -0.1) is 0 Å². The lowest BCUT2D eigenvalue weighted by molar-refractivity contribution is 0.101. The van der Waals surface area contributed by atoms with E-state index in [4.69, 9.17) is 0 Å². The molecule has 0 spiro atoms. The number of Topliss-reactive ketones (excluding diaryl/α,β-unsaturated/α-hetero) is 1. The van der Waals surface area contributed by atoms with Gasteiger partial charge in [-0.05, 0) is 32.4 Å². The molecule has 0 aliphatic heterocycles. The first-order chi connectivity index (χ1) is 12.9. The SMILES string of the molecule is CCCc1nc2nc(C)[nH]n2c(=O)c1NC(=O)Nc1cccc(C(C)=O)c1. The van der Waals surface area contributed by atoms with Crippen LogP contribution in [0.5, 0.6) is 0 Å². The molecule has 2 amide bonds. The number of hydrogen-bond donors (Lipinski definition) is 3. The molecule has 2 heterocycles. The number of nitrogens with zero attached hydrogens (tertiary/aromatic N) is 3. The van der Waals surface area contributed by atoms with E-state index in [2.05, 4.69) is 25.7 Å². The van der Waals surface area contributed by atoms with E-state index in [1.165, 1.54) is 11.4 Å². The summed E-state index contributed by atoms with van der Waals surface area (Å²) in [4.78, 5) is 45.2. The lowest BCUT2D eigenvalue weighted by Crippen LogP contribution is -2.28. The van der Waals surface area contributed by atoms with Gasteiger partial charge in [-0.1, -0.05) is 25.5 Å². The van der Waals surface area contributed by atoms with Crippen molar-refractivity contribution in [2.24, 2.45) is 0 Å². The summed E-state index contributed by atoms with van der Waals surface area (Å²) in [6, 6.07) is 5.97. The second-order valence-electron chi connectivity index (χ2n) is 6.15. The molecule has 0 saturated heterocycles. The summed E-state index contributed by atoms with van der Waals surface area (Å²) in [5, 5.41) is 8.02. The van der Waals surface area contributed by atoms with Crippen LogP contribution in [-0.4, -0.2) is 31.4 Å². The summed E-state index contributed by atoms with van der Waals surface area (Å²) in [5.41, 5.74) is 1.07. The van der Waals surface area contributed by atoms with Crippen molar-refractivity contribution in [1.29, 1.82) is 0 Å². The van der Waals surface area contributed by atoms with Crippen LogP contribution in [0, 0.1) is 6.92 Å². The Kier molecular flexibility index (Phi) is 5.02. The molecular formula is C18H20N6O3. The van der Waals surface area contributed by atoms with Crippen molar-refractivity contribution >= 4 is 29.0 Å². The third kappa shape index (κ3) is 3.86. The Morgan fingerprint density at radius 2 is 2.00 bits per heavy atom. The number of rotatable bonds is 5. The fraction of sp³-hybridized carbons (Fsp3) is 0.278. The standard InChI is InChI=1S/C18H20N6O3/c1-4-6-14-15(16(26)24-17(21-14)19-11(3)23-24)22-18(27)20-13-8-5-7-12(9-13)10(2)25/h5,7-9H,4,6H2,1-3H3,(H,19,21,23)(H2,20,22,27). The molecule has 0 atom stereocenters. The second kappa shape index (κ2) is 7.40. The van der Waals surface area contributed by atoms with Gasteiger partial charge in [0, 0.05) is 11.3 Å². The van der Waals surface area contributed by atoms with E-state index in [1.54, 1.807) is 31.2 Å². The first-order valence-corrected chi connectivity index (χ1v) is 8.56. The van der Waals surface area contributed by atoms with Crippen LogP contribution >= 0.6 is 0 Å². The Bertz CT molecular complexity index is 1080. The molecule has 0 radical (unpaired) electrons. The Morgan fingerprint density at radius 1 is 1.22 bits per heavy atom. The van der Waals surface area contributed by atoms with Gasteiger partial charge in [-0.25, -0.2) is 9.78 Å². The monoisotopic (exact) mass is 368 g/mol. The smallest absolute Gasteiger partial charge is 0.308 e. The molecule has 2 aromatic heterocycles. The highest BCUT2D eigenvalue weighted by molar-refractivity contribution is 6.01. The second-order valence-corrected chi connectivity index (χ2v) is 6.15. The molecule has 9 nitrogen and oxygen atoms in total. The van der Waals surface area contributed by atoms with Gasteiger partial charge < -0.3 is 10.6 Å². The topological polar surface area (TPSA) is 121 Å². The Labute approximate surface area is 154 Å². The summed E-state index contributed by atoms with van der Waals surface area (Å²) >= 11 is 0. The lowest BCUT2D eigenvalue weighted by atomic mass is 10.1. The number of H-pyrrole nitrogens is 1. The zero-order valence-electron chi connectivity index (χ0n) is 15.3. The number of aryl methyl sites for hydroxylation is 2. The van der Waals surface area contributed by atoms with Gasteiger partial charge in [-0.3, -0.25) is 14.7 Å². The van der Waals surface area contributed by atoms with Crippen LogP contribution < -0.4 is 16.2 Å². The molecule has 0 unspecified atom stereocenters. The number of aromatic amines is 1. The largest absolute Gasteiger partial charge is 0.323 e. The highest BCUT2D eigenvalue weighted by atomic mass is 16.2. The average molecular weight is 368 g/mol. The molecular weight excluding hydrogens is 348 g/mol. The van der Waals surface area contributed by atoms with Crippen molar-refractivity contribution in [3.63, 3.8) is 0 Å². The normalized spacial score (nSPS) is 10.8. The molecule has 140 valence electrons. The predicted octanol–water partition coefficient (Wildman–Crippen LogP) is 2.53.